The van der Waals surface area contributed by atoms with Gasteiger partial charge in [0.15, 0.2) is 12.1 Å². The topological polar surface area (TPSA) is 36.9 Å². The van der Waals surface area contributed by atoms with Gasteiger partial charge in [-0.1, -0.05) is 24.3 Å². The summed E-state index contributed by atoms with van der Waals surface area (Å²) in [4.78, 5) is 0. The van der Waals surface area contributed by atoms with E-state index in [-0.39, 0.29) is 30.7 Å². The zero-order valence-corrected chi connectivity index (χ0v) is 12.9. The number of halogens is 1. The second-order valence-corrected chi connectivity index (χ2v) is 6.39. The Morgan fingerprint density at radius 3 is 2.78 bits per heavy atom. The summed E-state index contributed by atoms with van der Waals surface area (Å²) >= 11 is 0. The van der Waals surface area contributed by atoms with Crippen molar-refractivity contribution in [2.75, 3.05) is 0 Å². The Morgan fingerprint density at radius 2 is 2.04 bits per heavy atom. The molecular weight excluding hydrogens is 299 g/mol. The van der Waals surface area contributed by atoms with Crippen molar-refractivity contribution >= 4 is 0 Å². The lowest BCUT2D eigenvalue weighted by atomic mass is 10.1. The van der Waals surface area contributed by atoms with Gasteiger partial charge in [-0.2, -0.15) is 0 Å². The van der Waals surface area contributed by atoms with E-state index in [0.29, 0.717) is 5.56 Å². The lowest BCUT2D eigenvalue weighted by molar-refractivity contribution is -0.228. The first-order valence-electron chi connectivity index (χ1n) is 8.19. The van der Waals surface area contributed by atoms with Crippen molar-refractivity contribution in [2.45, 2.75) is 62.7 Å². The number of ether oxygens (including phenoxy) is 4. The van der Waals surface area contributed by atoms with Gasteiger partial charge < -0.3 is 18.9 Å². The van der Waals surface area contributed by atoms with Gasteiger partial charge >= 0.3 is 0 Å². The maximum atomic E-state index is 13.8. The van der Waals surface area contributed by atoms with Crippen LogP contribution in [0.1, 0.15) is 31.2 Å². The molecule has 3 aliphatic rings. The minimum Gasteiger partial charge on any atom is -0.367 e. The molecule has 2 heterocycles. The molecule has 0 aromatic heterocycles. The second kappa shape index (κ2) is 5.98. The first-order valence-corrected chi connectivity index (χ1v) is 8.19. The molecule has 4 atom stereocenters. The van der Waals surface area contributed by atoms with E-state index in [4.69, 9.17) is 18.9 Å². The second-order valence-electron chi connectivity index (χ2n) is 6.39. The summed E-state index contributed by atoms with van der Waals surface area (Å²) < 4.78 is 37.8. The van der Waals surface area contributed by atoms with Gasteiger partial charge in [-0.05, 0) is 18.9 Å². The standard InChI is InChI=1S/C18H21FO4/c1-2-14-15(20-11-12-7-3-4-8-13(12)19)16-17(21-14)23-18(22-16)9-5-6-10-18/h2-4,7-8,14-17H,1,5-6,9-11H2/t14-,15+,16-,17-/m1/s1. The fourth-order valence-corrected chi connectivity index (χ4v) is 3.69. The van der Waals surface area contributed by atoms with Gasteiger partial charge in [-0.15, -0.1) is 6.58 Å². The van der Waals surface area contributed by atoms with Crippen LogP contribution >= 0.6 is 0 Å². The number of benzene rings is 1. The van der Waals surface area contributed by atoms with Crippen LogP contribution in [0.15, 0.2) is 36.9 Å². The Balaban J connectivity index is 1.47. The molecule has 0 amide bonds. The number of hydrogen-bond acceptors (Lipinski definition) is 4. The van der Waals surface area contributed by atoms with E-state index < -0.39 is 12.1 Å². The van der Waals surface area contributed by atoms with Crippen LogP contribution in [0.3, 0.4) is 0 Å². The van der Waals surface area contributed by atoms with Crippen molar-refractivity contribution in [1.82, 2.24) is 0 Å². The van der Waals surface area contributed by atoms with E-state index in [2.05, 4.69) is 6.58 Å². The zero-order chi connectivity index (χ0) is 15.9. The molecule has 23 heavy (non-hydrogen) atoms. The molecule has 0 radical (unpaired) electrons. The average molecular weight is 320 g/mol. The summed E-state index contributed by atoms with van der Waals surface area (Å²) in [5.74, 6) is -0.782. The molecule has 2 aliphatic heterocycles. The van der Waals surface area contributed by atoms with Crippen molar-refractivity contribution < 1.29 is 23.3 Å². The van der Waals surface area contributed by atoms with Gasteiger partial charge in [0.1, 0.15) is 24.1 Å². The van der Waals surface area contributed by atoms with Gasteiger partial charge in [0.05, 0.1) is 6.61 Å². The summed E-state index contributed by atoms with van der Waals surface area (Å²) in [6.45, 7) is 3.96. The highest BCUT2D eigenvalue weighted by atomic mass is 19.1. The third-order valence-electron chi connectivity index (χ3n) is 4.88. The highest BCUT2D eigenvalue weighted by Crippen LogP contribution is 2.46. The minimum atomic E-state index is -0.513. The lowest BCUT2D eigenvalue weighted by Gasteiger charge is -2.27. The smallest absolute Gasteiger partial charge is 0.190 e. The summed E-state index contributed by atoms with van der Waals surface area (Å²) in [6, 6.07) is 6.61. The Labute approximate surface area is 135 Å². The van der Waals surface area contributed by atoms with E-state index >= 15 is 0 Å². The van der Waals surface area contributed by atoms with Crippen LogP contribution in [-0.4, -0.2) is 30.4 Å². The molecule has 1 saturated carbocycles. The third kappa shape index (κ3) is 2.72. The lowest BCUT2D eigenvalue weighted by Crippen LogP contribution is -2.37. The van der Waals surface area contributed by atoms with Crippen molar-refractivity contribution in [3.8, 4) is 0 Å². The predicted octanol–water partition coefficient (Wildman–Crippen LogP) is 3.31. The average Bonchev–Trinajstić information content (AvgIpc) is 3.23. The summed E-state index contributed by atoms with van der Waals surface area (Å²) in [6.07, 6.45) is 4.32. The zero-order valence-electron chi connectivity index (χ0n) is 12.9. The molecule has 1 aliphatic carbocycles. The molecule has 1 aromatic carbocycles. The van der Waals surface area contributed by atoms with Gasteiger partial charge in [-0.25, -0.2) is 4.39 Å². The van der Waals surface area contributed by atoms with Crippen LogP contribution in [0.4, 0.5) is 4.39 Å². The Bertz CT molecular complexity index is 584. The van der Waals surface area contributed by atoms with Crippen molar-refractivity contribution in [2.24, 2.45) is 0 Å². The van der Waals surface area contributed by atoms with E-state index in [1.807, 2.05) is 0 Å². The summed E-state index contributed by atoms with van der Waals surface area (Å²) in [5, 5.41) is 0. The molecule has 4 nitrogen and oxygen atoms in total. The fourth-order valence-electron chi connectivity index (χ4n) is 3.69. The molecule has 0 bridgehead atoms. The molecule has 5 heteroatoms. The highest BCUT2D eigenvalue weighted by Gasteiger charge is 2.58. The van der Waals surface area contributed by atoms with E-state index in [1.165, 1.54) is 6.07 Å². The van der Waals surface area contributed by atoms with Crippen molar-refractivity contribution in [1.29, 1.82) is 0 Å². The van der Waals surface area contributed by atoms with Gasteiger partial charge in [0, 0.05) is 18.4 Å². The maximum absolute atomic E-state index is 13.8. The van der Waals surface area contributed by atoms with Crippen LogP contribution in [0.2, 0.25) is 0 Å². The fraction of sp³-hybridized carbons (Fsp3) is 0.556. The van der Waals surface area contributed by atoms with Crippen LogP contribution in [0, 0.1) is 5.82 Å². The molecule has 124 valence electrons. The highest BCUT2D eigenvalue weighted by molar-refractivity contribution is 5.16. The first-order chi connectivity index (χ1) is 11.2. The largest absolute Gasteiger partial charge is 0.367 e. The van der Waals surface area contributed by atoms with E-state index in [9.17, 15) is 4.39 Å². The van der Waals surface area contributed by atoms with Crippen LogP contribution in [0.5, 0.6) is 0 Å². The minimum absolute atomic E-state index is 0.171. The number of hydrogen-bond donors (Lipinski definition) is 0. The van der Waals surface area contributed by atoms with Crippen molar-refractivity contribution in [3.05, 3.63) is 48.3 Å². The summed E-state index contributed by atoms with van der Waals surface area (Å²) in [7, 11) is 0. The monoisotopic (exact) mass is 320 g/mol. The third-order valence-corrected chi connectivity index (χ3v) is 4.88. The van der Waals surface area contributed by atoms with E-state index in [1.54, 1.807) is 24.3 Å². The van der Waals surface area contributed by atoms with Gasteiger partial charge in [-0.3, -0.25) is 0 Å². The number of fused-ring (bicyclic) bond motifs is 1. The molecule has 1 spiro atoms. The normalized spacial score (nSPS) is 34.8. The Hall–Kier alpha value is -1.27. The van der Waals surface area contributed by atoms with Gasteiger partial charge in [0.2, 0.25) is 0 Å². The Morgan fingerprint density at radius 1 is 1.26 bits per heavy atom. The molecule has 2 saturated heterocycles. The molecule has 3 fully saturated rings. The molecule has 4 rings (SSSR count). The summed E-state index contributed by atoms with van der Waals surface area (Å²) in [5.41, 5.74) is 0.522. The SMILES string of the molecule is C=C[C@H]1O[C@@H]2OC3(CCCC3)O[C@@H]2[C@H]1OCc1ccccc1F. The first kappa shape index (κ1) is 15.3. The molecular formula is C18H21FO4. The maximum Gasteiger partial charge on any atom is 0.190 e. The van der Waals surface area contributed by atoms with Gasteiger partial charge in [0.25, 0.3) is 0 Å². The molecule has 1 aromatic rings. The molecule has 0 N–H and O–H groups in total. The quantitative estimate of drug-likeness (QED) is 0.798. The number of rotatable bonds is 4. The van der Waals surface area contributed by atoms with Crippen LogP contribution in [0.25, 0.3) is 0 Å². The van der Waals surface area contributed by atoms with Crippen LogP contribution < -0.4 is 0 Å². The predicted molar refractivity (Wildman–Crippen MR) is 81.0 cm³/mol. The Kier molecular flexibility index (Phi) is 3.97. The van der Waals surface area contributed by atoms with E-state index in [0.717, 1.165) is 25.7 Å². The van der Waals surface area contributed by atoms with Crippen LogP contribution in [-0.2, 0) is 25.6 Å². The van der Waals surface area contributed by atoms with Crippen molar-refractivity contribution in [3.63, 3.8) is 0 Å². The molecule has 0 unspecified atom stereocenters.